The van der Waals surface area contributed by atoms with Crippen molar-refractivity contribution in [3.05, 3.63) is 33.8 Å². The van der Waals surface area contributed by atoms with Gasteiger partial charge in [-0.05, 0) is 54.4 Å². The van der Waals surface area contributed by atoms with Gasteiger partial charge in [-0.25, -0.2) is 0 Å². The monoisotopic (exact) mass is 310 g/mol. The van der Waals surface area contributed by atoms with Gasteiger partial charge in [-0.2, -0.15) is 0 Å². The van der Waals surface area contributed by atoms with Crippen molar-refractivity contribution in [2.24, 2.45) is 0 Å². The van der Waals surface area contributed by atoms with E-state index in [4.69, 9.17) is 0 Å². The molecule has 1 aromatic carbocycles. The fourth-order valence-electron chi connectivity index (χ4n) is 2.25. The largest absolute Gasteiger partial charge is 0.333 e. The Morgan fingerprint density at radius 3 is 2.83 bits per heavy atom. The number of rotatable bonds is 1. The van der Waals surface area contributed by atoms with Crippen LogP contribution in [0.4, 0.5) is 0 Å². The summed E-state index contributed by atoms with van der Waals surface area (Å²) in [6.45, 7) is 7.83. The number of carbonyl (C=O) groups excluding carboxylic acids is 1. The van der Waals surface area contributed by atoms with Gasteiger partial charge in [0.25, 0.3) is 5.91 Å². The standard InChI is InChI=1S/C14H19BrN2O/c1-9-4-5-12(13(15)6-9)14(18)17-8-10(2)16-7-11(17)3/h4-6,10-11,16H,7-8H2,1-3H3. The molecule has 98 valence electrons. The average molecular weight is 311 g/mol. The van der Waals surface area contributed by atoms with Crippen LogP contribution in [0.5, 0.6) is 0 Å². The number of hydrogen-bond donors (Lipinski definition) is 1. The average Bonchev–Trinajstić information content (AvgIpc) is 2.31. The molecule has 1 heterocycles. The van der Waals surface area contributed by atoms with E-state index >= 15 is 0 Å². The predicted molar refractivity (Wildman–Crippen MR) is 76.8 cm³/mol. The van der Waals surface area contributed by atoms with Crippen molar-refractivity contribution in [1.82, 2.24) is 10.2 Å². The molecule has 18 heavy (non-hydrogen) atoms. The molecule has 2 unspecified atom stereocenters. The van der Waals surface area contributed by atoms with Crippen molar-refractivity contribution < 1.29 is 4.79 Å². The zero-order valence-corrected chi connectivity index (χ0v) is 12.6. The number of benzene rings is 1. The predicted octanol–water partition coefficient (Wildman–Crippen LogP) is 2.58. The maximum Gasteiger partial charge on any atom is 0.255 e. The van der Waals surface area contributed by atoms with Crippen molar-refractivity contribution in [2.75, 3.05) is 13.1 Å². The van der Waals surface area contributed by atoms with Gasteiger partial charge in [0, 0.05) is 29.6 Å². The summed E-state index contributed by atoms with van der Waals surface area (Å²) >= 11 is 3.49. The molecular weight excluding hydrogens is 292 g/mol. The van der Waals surface area contributed by atoms with Crippen LogP contribution in [0.2, 0.25) is 0 Å². The molecule has 1 fully saturated rings. The molecule has 4 heteroatoms. The van der Waals surface area contributed by atoms with Crippen LogP contribution in [0.1, 0.15) is 29.8 Å². The molecule has 1 N–H and O–H groups in total. The number of nitrogens with zero attached hydrogens (tertiary/aromatic N) is 1. The Balaban J connectivity index is 2.24. The van der Waals surface area contributed by atoms with Gasteiger partial charge in [0.05, 0.1) is 5.56 Å². The van der Waals surface area contributed by atoms with Crippen LogP contribution in [-0.2, 0) is 0 Å². The lowest BCUT2D eigenvalue weighted by atomic mass is 10.1. The van der Waals surface area contributed by atoms with Gasteiger partial charge in [0.15, 0.2) is 0 Å². The van der Waals surface area contributed by atoms with Gasteiger partial charge < -0.3 is 10.2 Å². The number of halogens is 1. The van der Waals surface area contributed by atoms with Crippen LogP contribution in [0.15, 0.2) is 22.7 Å². The third-order valence-corrected chi connectivity index (χ3v) is 4.04. The van der Waals surface area contributed by atoms with Gasteiger partial charge in [0.1, 0.15) is 0 Å². The van der Waals surface area contributed by atoms with Crippen LogP contribution >= 0.6 is 15.9 Å². The summed E-state index contributed by atoms with van der Waals surface area (Å²) in [5.74, 6) is 0.114. The maximum atomic E-state index is 12.6. The van der Waals surface area contributed by atoms with Crippen LogP contribution in [0.3, 0.4) is 0 Å². The van der Waals surface area contributed by atoms with Crippen molar-refractivity contribution in [3.8, 4) is 0 Å². The summed E-state index contributed by atoms with van der Waals surface area (Å²) in [4.78, 5) is 14.5. The molecule has 0 aliphatic carbocycles. The number of piperazine rings is 1. The van der Waals surface area contributed by atoms with Crippen molar-refractivity contribution >= 4 is 21.8 Å². The molecule has 1 aromatic rings. The summed E-state index contributed by atoms with van der Waals surface area (Å²) in [5.41, 5.74) is 1.90. The second kappa shape index (κ2) is 5.41. The molecule has 0 spiro atoms. The van der Waals surface area contributed by atoms with E-state index in [9.17, 15) is 4.79 Å². The first kappa shape index (κ1) is 13.6. The zero-order chi connectivity index (χ0) is 13.3. The first-order valence-electron chi connectivity index (χ1n) is 6.29. The lowest BCUT2D eigenvalue weighted by Gasteiger charge is -2.37. The van der Waals surface area contributed by atoms with E-state index in [1.807, 2.05) is 30.0 Å². The first-order chi connectivity index (χ1) is 8.49. The number of nitrogens with one attached hydrogen (secondary N) is 1. The lowest BCUT2D eigenvalue weighted by Crippen LogP contribution is -2.56. The van der Waals surface area contributed by atoms with Gasteiger partial charge in [-0.15, -0.1) is 0 Å². The van der Waals surface area contributed by atoms with E-state index in [0.717, 1.165) is 28.7 Å². The Kier molecular flexibility index (Phi) is 4.07. The fraction of sp³-hybridized carbons (Fsp3) is 0.500. The van der Waals surface area contributed by atoms with Crippen LogP contribution in [-0.4, -0.2) is 36.0 Å². The summed E-state index contributed by atoms with van der Waals surface area (Å²) in [6.07, 6.45) is 0. The topological polar surface area (TPSA) is 32.3 Å². The number of aryl methyl sites for hydroxylation is 1. The van der Waals surface area contributed by atoms with Crippen molar-refractivity contribution in [1.29, 1.82) is 0 Å². The van der Waals surface area contributed by atoms with Gasteiger partial charge in [-0.3, -0.25) is 4.79 Å². The Hall–Kier alpha value is -0.870. The Bertz CT molecular complexity index is 461. The van der Waals surface area contributed by atoms with Gasteiger partial charge >= 0.3 is 0 Å². The highest BCUT2D eigenvalue weighted by Gasteiger charge is 2.28. The van der Waals surface area contributed by atoms with Crippen LogP contribution in [0, 0.1) is 6.92 Å². The molecule has 0 radical (unpaired) electrons. The highest BCUT2D eigenvalue weighted by molar-refractivity contribution is 9.10. The summed E-state index contributed by atoms with van der Waals surface area (Å²) < 4.78 is 0.880. The van der Waals surface area contributed by atoms with Crippen molar-refractivity contribution in [2.45, 2.75) is 32.9 Å². The van der Waals surface area contributed by atoms with Crippen LogP contribution < -0.4 is 5.32 Å². The summed E-state index contributed by atoms with van der Waals surface area (Å²) in [6, 6.07) is 6.47. The Morgan fingerprint density at radius 1 is 1.44 bits per heavy atom. The van der Waals surface area contributed by atoms with E-state index < -0.39 is 0 Å². The Morgan fingerprint density at radius 2 is 2.17 bits per heavy atom. The third-order valence-electron chi connectivity index (χ3n) is 3.38. The number of hydrogen-bond acceptors (Lipinski definition) is 2. The Labute approximate surface area is 117 Å². The molecule has 1 amide bonds. The molecule has 3 nitrogen and oxygen atoms in total. The molecule has 1 aliphatic rings. The minimum atomic E-state index is 0.114. The highest BCUT2D eigenvalue weighted by atomic mass is 79.9. The zero-order valence-electron chi connectivity index (χ0n) is 11.0. The molecule has 0 saturated carbocycles. The molecule has 0 bridgehead atoms. The smallest absolute Gasteiger partial charge is 0.255 e. The van der Waals surface area contributed by atoms with E-state index in [2.05, 4.69) is 35.1 Å². The molecule has 2 atom stereocenters. The second-order valence-electron chi connectivity index (χ2n) is 5.10. The molecule has 1 aliphatic heterocycles. The summed E-state index contributed by atoms with van der Waals surface area (Å²) in [5, 5.41) is 3.39. The normalized spacial score (nSPS) is 24.1. The highest BCUT2D eigenvalue weighted by Crippen LogP contribution is 2.21. The number of amides is 1. The quantitative estimate of drug-likeness (QED) is 0.864. The van der Waals surface area contributed by atoms with E-state index in [-0.39, 0.29) is 11.9 Å². The number of carbonyl (C=O) groups is 1. The third kappa shape index (κ3) is 2.75. The van der Waals surface area contributed by atoms with Gasteiger partial charge in [-0.1, -0.05) is 6.07 Å². The molecule has 1 saturated heterocycles. The minimum Gasteiger partial charge on any atom is -0.333 e. The SMILES string of the molecule is Cc1ccc(C(=O)N2CC(C)NCC2C)c(Br)c1. The first-order valence-corrected chi connectivity index (χ1v) is 7.09. The van der Waals surface area contributed by atoms with Crippen molar-refractivity contribution in [3.63, 3.8) is 0 Å². The minimum absolute atomic E-state index is 0.114. The maximum absolute atomic E-state index is 12.6. The molecule has 0 aromatic heterocycles. The van der Waals surface area contributed by atoms with E-state index in [1.165, 1.54) is 0 Å². The second-order valence-corrected chi connectivity index (χ2v) is 5.95. The lowest BCUT2D eigenvalue weighted by molar-refractivity contribution is 0.0615. The fourth-order valence-corrected chi connectivity index (χ4v) is 2.92. The molecule has 2 rings (SSSR count). The van der Waals surface area contributed by atoms with Gasteiger partial charge in [0.2, 0.25) is 0 Å². The molecular formula is C14H19BrN2O. The van der Waals surface area contributed by atoms with Crippen LogP contribution in [0.25, 0.3) is 0 Å². The van der Waals surface area contributed by atoms with E-state index in [1.54, 1.807) is 0 Å². The summed E-state index contributed by atoms with van der Waals surface area (Å²) in [7, 11) is 0. The van der Waals surface area contributed by atoms with E-state index in [0.29, 0.717) is 6.04 Å².